The maximum absolute atomic E-state index is 11.1. The predicted molar refractivity (Wildman–Crippen MR) is 123 cm³/mol. The molecule has 0 heterocycles. The summed E-state index contributed by atoms with van der Waals surface area (Å²) < 4.78 is 0. The molecular weight excluding hydrogens is 374 g/mol. The van der Waals surface area contributed by atoms with Crippen LogP contribution in [0, 0.1) is 22.7 Å². The van der Waals surface area contributed by atoms with Crippen LogP contribution in [0.1, 0.15) is 45.1 Å². The highest BCUT2D eigenvalue weighted by atomic mass is 16.1. The van der Waals surface area contributed by atoms with Crippen molar-refractivity contribution in [3.8, 4) is 17.2 Å². The van der Waals surface area contributed by atoms with Crippen LogP contribution in [-0.4, -0.2) is 24.7 Å². The maximum atomic E-state index is 11.1. The van der Waals surface area contributed by atoms with Gasteiger partial charge in [0, 0.05) is 41.0 Å². The van der Waals surface area contributed by atoms with Crippen LogP contribution in [0.25, 0.3) is 11.1 Å². The molecule has 0 radical (unpaired) electrons. The average Bonchev–Trinajstić information content (AvgIpc) is 3.58. The zero-order chi connectivity index (χ0) is 21.5. The number of para-hydroxylation sites is 1. The molecule has 0 aliphatic heterocycles. The molecule has 2 aromatic rings. The van der Waals surface area contributed by atoms with Gasteiger partial charge < -0.3 is 21.4 Å². The van der Waals surface area contributed by atoms with Gasteiger partial charge in [-0.25, -0.2) is 0 Å². The Kier molecular flexibility index (Phi) is 7.08. The van der Waals surface area contributed by atoms with Crippen LogP contribution in [0.15, 0.2) is 36.4 Å². The van der Waals surface area contributed by atoms with E-state index in [1.807, 2.05) is 37.3 Å². The zero-order valence-corrected chi connectivity index (χ0v) is 17.6. The van der Waals surface area contributed by atoms with E-state index in [2.05, 4.69) is 35.0 Å². The fourth-order valence-electron chi connectivity index (χ4n) is 3.52. The number of nitrogens with one attached hydrogen (secondary N) is 4. The maximum Gasteiger partial charge on any atom is 0.211 e. The second kappa shape index (κ2) is 9.93. The molecule has 0 spiro atoms. The molecule has 6 nitrogen and oxygen atoms in total. The van der Waals surface area contributed by atoms with E-state index in [0.29, 0.717) is 24.5 Å². The second-order valence-electron chi connectivity index (χ2n) is 7.77. The smallest absolute Gasteiger partial charge is 0.211 e. The number of hydrogen-bond acceptors (Lipinski definition) is 5. The average molecular weight is 404 g/mol. The van der Waals surface area contributed by atoms with E-state index in [4.69, 9.17) is 10.7 Å². The summed E-state index contributed by atoms with van der Waals surface area (Å²) in [4.78, 5) is 11.1. The summed E-state index contributed by atoms with van der Waals surface area (Å²) in [6.07, 6.45) is 4.17. The van der Waals surface area contributed by atoms with Crippen LogP contribution in [0.5, 0.6) is 0 Å². The first kappa shape index (κ1) is 21.4. The number of carbonyl (C=O) groups is 1. The molecule has 1 aliphatic carbocycles. The minimum Gasteiger partial charge on any atom is -0.383 e. The van der Waals surface area contributed by atoms with E-state index >= 15 is 0 Å². The molecule has 1 amide bonds. The second-order valence-corrected chi connectivity index (χ2v) is 7.77. The Morgan fingerprint density at radius 3 is 2.77 bits per heavy atom. The third kappa shape index (κ3) is 4.98. The number of nitriles is 1. The molecule has 6 heteroatoms. The van der Waals surface area contributed by atoms with E-state index in [9.17, 15) is 4.79 Å². The lowest BCUT2D eigenvalue weighted by atomic mass is 9.95. The van der Waals surface area contributed by atoms with Gasteiger partial charge in [0.2, 0.25) is 6.41 Å². The van der Waals surface area contributed by atoms with E-state index in [1.165, 1.54) is 0 Å². The van der Waals surface area contributed by atoms with Gasteiger partial charge in [0.25, 0.3) is 0 Å². The van der Waals surface area contributed by atoms with Gasteiger partial charge in [-0.15, -0.1) is 0 Å². The lowest BCUT2D eigenvalue weighted by Gasteiger charge is -2.20. The Balaban J connectivity index is 2.05. The highest BCUT2D eigenvalue weighted by molar-refractivity contribution is 6.07. The summed E-state index contributed by atoms with van der Waals surface area (Å²) >= 11 is 0. The van der Waals surface area contributed by atoms with E-state index in [0.717, 1.165) is 59.6 Å². The van der Waals surface area contributed by atoms with E-state index in [-0.39, 0.29) is 6.04 Å². The number of amides is 1. The quantitative estimate of drug-likeness (QED) is 0.305. The van der Waals surface area contributed by atoms with Crippen LogP contribution in [0.2, 0.25) is 0 Å². The van der Waals surface area contributed by atoms with Crippen molar-refractivity contribution in [1.29, 1.82) is 10.7 Å². The van der Waals surface area contributed by atoms with Crippen molar-refractivity contribution in [2.45, 2.75) is 45.6 Å². The van der Waals surface area contributed by atoms with Gasteiger partial charge in [-0.05, 0) is 49.9 Å². The minimum atomic E-state index is 0.00787. The Labute approximate surface area is 178 Å². The van der Waals surface area contributed by atoms with Crippen LogP contribution < -0.4 is 16.0 Å². The molecule has 1 saturated carbocycles. The lowest BCUT2D eigenvalue weighted by molar-refractivity contribution is -0.105. The number of hydrogen-bond donors (Lipinski definition) is 4. The minimum absolute atomic E-state index is 0.00787. The lowest BCUT2D eigenvalue weighted by Crippen LogP contribution is -2.17. The molecule has 30 heavy (non-hydrogen) atoms. The summed E-state index contributed by atoms with van der Waals surface area (Å²) in [5, 5.41) is 27.3. The van der Waals surface area contributed by atoms with Crippen molar-refractivity contribution < 1.29 is 4.79 Å². The summed E-state index contributed by atoms with van der Waals surface area (Å²) in [6.45, 7) is 4.87. The third-order valence-electron chi connectivity index (χ3n) is 5.24. The van der Waals surface area contributed by atoms with E-state index in [1.54, 1.807) is 0 Å². The Morgan fingerprint density at radius 2 is 2.10 bits per heavy atom. The molecule has 156 valence electrons. The molecular formula is C24H29N5O. The molecule has 4 N–H and O–H groups in total. The molecule has 1 unspecified atom stereocenters. The van der Waals surface area contributed by atoms with Gasteiger partial charge in [0.15, 0.2) is 0 Å². The van der Waals surface area contributed by atoms with Gasteiger partial charge in [-0.1, -0.05) is 25.1 Å². The SMILES string of the molecule is CCCNc1c(NC=O)cccc1-c1ccc(NC(C)CC#N)c(C(=N)C2CC2)c1. The van der Waals surface area contributed by atoms with Crippen molar-refractivity contribution in [2.24, 2.45) is 5.92 Å². The number of carbonyl (C=O) groups excluding carboxylic acids is 1. The molecule has 1 fully saturated rings. The highest BCUT2D eigenvalue weighted by Gasteiger charge is 2.29. The molecule has 1 aliphatic rings. The van der Waals surface area contributed by atoms with Crippen molar-refractivity contribution in [1.82, 2.24) is 0 Å². The summed E-state index contributed by atoms with van der Waals surface area (Å²) in [5.74, 6) is 0.313. The molecule has 3 rings (SSSR count). The van der Waals surface area contributed by atoms with Gasteiger partial charge in [0.1, 0.15) is 0 Å². The normalized spacial score (nSPS) is 13.8. The predicted octanol–water partition coefficient (Wildman–Crippen LogP) is 5.24. The first-order valence-corrected chi connectivity index (χ1v) is 10.5. The molecule has 0 bridgehead atoms. The van der Waals surface area contributed by atoms with E-state index < -0.39 is 0 Å². The van der Waals surface area contributed by atoms with Crippen LogP contribution >= 0.6 is 0 Å². The monoisotopic (exact) mass is 403 g/mol. The van der Waals surface area contributed by atoms with Crippen molar-refractivity contribution in [2.75, 3.05) is 22.5 Å². The van der Waals surface area contributed by atoms with Crippen LogP contribution in [-0.2, 0) is 4.79 Å². The van der Waals surface area contributed by atoms with Crippen molar-refractivity contribution in [3.63, 3.8) is 0 Å². The topological polar surface area (TPSA) is 101 Å². The van der Waals surface area contributed by atoms with Crippen LogP contribution in [0.4, 0.5) is 17.1 Å². The first-order chi connectivity index (χ1) is 14.6. The molecule has 1 atom stereocenters. The van der Waals surface area contributed by atoms with Gasteiger partial charge in [-0.3, -0.25) is 4.79 Å². The first-order valence-electron chi connectivity index (χ1n) is 10.5. The fourth-order valence-corrected chi connectivity index (χ4v) is 3.52. The standard InChI is InChI=1S/C24H29N5O/c1-3-13-27-24-19(5-4-6-22(24)28-15-30)18-9-10-21(29-16(2)11-12-25)20(14-18)23(26)17-7-8-17/h4-6,9-10,14-17,26-27,29H,3,7-8,11,13H2,1-2H3,(H,28,30). The molecule has 0 saturated heterocycles. The zero-order valence-electron chi connectivity index (χ0n) is 17.6. The van der Waals surface area contributed by atoms with Gasteiger partial charge in [-0.2, -0.15) is 5.26 Å². The number of rotatable bonds is 11. The largest absolute Gasteiger partial charge is 0.383 e. The summed E-state index contributed by atoms with van der Waals surface area (Å²) in [6, 6.07) is 14.1. The molecule has 2 aromatic carbocycles. The summed E-state index contributed by atoms with van der Waals surface area (Å²) in [5.41, 5.74) is 6.01. The fraction of sp³-hybridized carbons (Fsp3) is 0.375. The van der Waals surface area contributed by atoms with Gasteiger partial charge in [0.05, 0.1) is 23.9 Å². The number of nitrogens with zero attached hydrogens (tertiary/aromatic N) is 1. The summed E-state index contributed by atoms with van der Waals surface area (Å²) in [7, 11) is 0. The Hall–Kier alpha value is -3.33. The number of anilines is 3. The van der Waals surface area contributed by atoms with Gasteiger partial charge >= 0.3 is 0 Å². The van der Waals surface area contributed by atoms with Crippen LogP contribution in [0.3, 0.4) is 0 Å². The Bertz CT molecular complexity index is 959. The third-order valence-corrected chi connectivity index (χ3v) is 5.24. The highest BCUT2D eigenvalue weighted by Crippen LogP contribution is 2.39. The number of benzene rings is 2. The Morgan fingerprint density at radius 1 is 1.30 bits per heavy atom. The van der Waals surface area contributed by atoms with Crippen molar-refractivity contribution >= 4 is 29.2 Å². The van der Waals surface area contributed by atoms with Crippen molar-refractivity contribution in [3.05, 3.63) is 42.0 Å². The molecule has 0 aromatic heterocycles.